The maximum absolute atomic E-state index is 13.2. The summed E-state index contributed by atoms with van der Waals surface area (Å²) in [7, 11) is 0. The summed E-state index contributed by atoms with van der Waals surface area (Å²) in [6.07, 6.45) is -1.25. The van der Waals surface area contributed by atoms with Gasteiger partial charge in [0.1, 0.15) is 5.76 Å². The van der Waals surface area contributed by atoms with Crippen molar-refractivity contribution in [1.29, 1.82) is 0 Å². The molecule has 0 radical (unpaired) electrons. The van der Waals surface area contributed by atoms with Gasteiger partial charge in [-0.3, -0.25) is 4.79 Å². The molecule has 0 bridgehead atoms. The first-order valence-corrected chi connectivity index (χ1v) is 12.3. The van der Waals surface area contributed by atoms with Crippen molar-refractivity contribution in [3.05, 3.63) is 70.0 Å². The third-order valence-electron chi connectivity index (χ3n) is 6.17. The number of rotatable bonds is 7. The lowest BCUT2D eigenvalue weighted by Crippen LogP contribution is -2.22. The number of halogens is 3. The maximum Gasteiger partial charge on any atom is 0.416 e. The summed E-state index contributed by atoms with van der Waals surface area (Å²) in [6.45, 7) is 8.18. The number of aliphatic hydroxyl groups excluding tert-OH is 1. The van der Waals surface area contributed by atoms with Gasteiger partial charge in [-0.2, -0.15) is 13.2 Å². The zero-order valence-electron chi connectivity index (χ0n) is 19.6. The lowest BCUT2D eigenvalue weighted by Gasteiger charge is -2.27. The van der Waals surface area contributed by atoms with Gasteiger partial charge in [0.2, 0.25) is 0 Å². The highest BCUT2D eigenvalue weighted by Crippen LogP contribution is 2.40. The van der Waals surface area contributed by atoms with E-state index < -0.39 is 11.7 Å². The molecule has 1 aliphatic carbocycles. The van der Waals surface area contributed by atoms with Gasteiger partial charge in [-0.05, 0) is 73.1 Å². The zero-order chi connectivity index (χ0) is 24.3. The largest absolute Gasteiger partial charge is 0.512 e. The summed E-state index contributed by atoms with van der Waals surface area (Å²) in [6, 6.07) is 9.35. The van der Waals surface area contributed by atoms with Gasteiger partial charge in [0, 0.05) is 23.0 Å². The van der Waals surface area contributed by atoms with Gasteiger partial charge >= 0.3 is 6.18 Å². The second-order valence-electron chi connectivity index (χ2n) is 8.87. The van der Waals surface area contributed by atoms with Crippen molar-refractivity contribution in [3.8, 4) is 0 Å². The van der Waals surface area contributed by atoms with Gasteiger partial charge in [0.05, 0.1) is 11.1 Å². The molecule has 2 aromatic carbocycles. The topological polar surface area (TPSA) is 37.3 Å². The van der Waals surface area contributed by atoms with E-state index in [1.807, 2.05) is 13.8 Å². The average molecular weight is 477 g/mol. The Balaban J connectivity index is 1.74. The molecule has 2 atom stereocenters. The molecule has 0 amide bonds. The van der Waals surface area contributed by atoms with Crippen molar-refractivity contribution in [2.24, 2.45) is 5.92 Å². The number of hydrogen-bond donors (Lipinski definition) is 1. The summed E-state index contributed by atoms with van der Waals surface area (Å²) in [5.74, 6) is 0.152. The molecular weight excluding hydrogens is 445 g/mol. The zero-order valence-corrected chi connectivity index (χ0v) is 20.4. The molecular formula is C27H31F3O2S. The third-order valence-corrected chi connectivity index (χ3v) is 7.30. The van der Waals surface area contributed by atoms with Crippen LogP contribution in [-0.2, 0) is 23.8 Å². The second kappa shape index (κ2) is 10.4. The SMILES string of the molecule is CCc1cc(C)cc(CC)c1C1=C(O)CC(CC(C)Sc2ccc(C(F)(F)F)cc2)CC1=O. The highest BCUT2D eigenvalue weighted by molar-refractivity contribution is 7.99. The van der Waals surface area contributed by atoms with Crippen molar-refractivity contribution in [3.63, 3.8) is 0 Å². The van der Waals surface area contributed by atoms with Gasteiger partial charge in [-0.1, -0.05) is 38.5 Å². The minimum absolute atomic E-state index is 0.0128. The maximum atomic E-state index is 13.2. The molecule has 2 nitrogen and oxygen atoms in total. The summed E-state index contributed by atoms with van der Waals surface area (Å²) in [5, 5.41) is 11.0. The van der Waals surface area contributed by atoms with Gasteiger partial charge in [-0.25, -0.2) is 0 Å². The molecule has 2 unspecified atom stereocenters. The Morgan fingerprint density at radius 2 is 1.64 bits per heavy atom. The van der Waals surface area contributed by atoms with E-state index in [1.165, 1.54) is 23.9 Å². The Bertz CT molecular complexity index is 1010. The molecule has 0 spiro atoms. The van der Waals surface area contributed by atoms with E-state index in [0.717, 1.165) is 52.1 Å². The van der Waals surface area contributed by atoms with Crippen LogP contribution in [0.25, 0.3) is 5.57 Å². The normalized spacial score (nSPS) is 18.0. The van der Waals surface area contributed by atoms with Gasteiger partial charge in [0.25, 0.3) is 0 Å². The number of aryl methyl sites for hydroxylation is 3. The molecule has 6 heteroatoms. The fourth-order valence-electron chi connectivity index (χ4n) is 4.72. The number of aliphatic hydroxyl groups is 1. The molecule has 2 aromatic rings. The monoisotopic (exact) mass is 476 g/mol. The number of alkyl halides is 3. The van der Waals surface area contributed by atoms with E-state index >= 15 is 0 Å². The van der Waals surface area contributed by atoms with Crippen LogP contribution in [0.2, 0.25) is 0 Å². The molecule has 0 aliphatic heterocycles. The van der Waals surface area contributed by atoms with E-state index in [0.29, 0.717) is 24.8 Å². The first-order valence-electron chi connectivity index (χ1n) is 11.4. The van der Waals surface area contributed by atoms with Crippen LogP contribution in [-0.4, -0.2) is 16.1 Å². The number of thioether (sulfide) groups is 1. The Kier molecular flexibility index (Phi) is 7.99. The van der Waals surface area contributed by atoms with Crippen molar-refractivity contribution in [2.75, 3.05) is 0 Å². The number of ketones is 1. The molecule has 1 N–H and O–H groups in total. The number of allylic oxidation sites excluding steroid dienone is 2. The molecule has 1 aliphatic rings. The van der Waals surface area contributed by atoms with Crippen molar-refractivity contribution in [2.45, 2.75) is 76.1 Å². The molecule has 178 valence electrons. The standard InChI is InChI=1S/C27H31F3O2S/c1-5-19-11-16(3)12-20(6-2)25(19)26-23(31)14-18(15-24(26)32)13-17(4)33-22-9-7-21(8-10-22)27(28,29)30/h7-12,17-18,31H,5-6,13-15H2,1-4H3. The van der Waals surface area contributed by atoms with E-state index in [9.17, 15) is 23.1 Å². The second-order valence-corrected chi connectivity index (χ2v) is 10.4. The molecule has 3 rings (SSSR count). The van der Waals surface area contributed by atoms with E-state index in [-0.39, 0.29) is 22.7 Å². The molecule has 0 saturated carbocycles. The molecule has 0 saturated heterocycles. The van der Waals surface area contributed by atoms with Crippen molar-refractivity contribution < 1.29 is 23.1 Å². The number of carbonyl (C=O) groups is 1. The summed E-state index contributed by atoms with van der Waals surface area (Å²) >= 11 is 1.49. The fourth-order valence-corrected chi connectivity index (χ4v) is 5.84. The van der Waals surface area contributed by atoms with Crippen LogP contribution in [0.3, 0.4) is 0 Å². The van der Waals surface area contributed by atoms with Crippen LogP contribution in [0.1, 0.15) is 67.9 Å². The number of hydrogen-bond acceptors (Lipinski definition) is 3. The van der Waals surface area contributed by atoms with Crippen LogP contribution in [0.5, 0.6) is 0 Å². The summed E-state index contributed by atoms with van der Waals surface area (Å²) in [4.78, 5) is 13.9. The molecule has 0 heterocycles. The molecule has 0 aromatic heterocycles. The Hall–Kier alpha value is -2.21. The van der Waals surface area contributed by atoms with Gasteiger partial charge in [-0.15, -0.1) is 11.8 Å². The summed E-state index contributed by atoms with van der Waals surface area (Å²) < 4.78 is 38.3. The van der Waals surface area contributed by atoms with E-state index in [2.05, 4.69) is 26.0 Å². The average Bonchev–Trinajstić information content (AvgIpc) is 2.73. The Morgan fingerprint density at radius 1 is 1.06 bits per heavy atom. The minimum atomic E-state index is -4.34. The van der Waals surface area contributed by atoms with Crippen LogP contribution >= 0.6 is 11.8 Å². The number of benzene rings is 2. The van der Waals surface area contributed by atoms with E-state index in [4.69, 9.17) is 0 Å². The predicted molar refractivity (Wildman–Crippen MR) is 129 cm³/mol. The van der Waals surface area contributed by atoms with Crippen LogP contribution in [0.4, 0.5) is 13.2 Å². The number of Topliss-reactive ketones (excluding diaryl/α,β-unsaturated/α-hetero) is 1. The Morgan fingerprint density at radius 3 is 2.12 bits per heavy atom. The van der Waals surface area contributed by atoms with Gasteiger partial charge in [0.15, 0.2) is 5.78 Å². The van der Waals surface area contributed by atoms with Crippen LogP contribution < -0.4 is 0 Å². The summed E-state index contributed by atoms with van der Waals surface area (Å²) in [5.41, 5.74) is 4.05. The lowest BCUT2D eigenvalue weighted by molar-refractivity contribution is -0.137. The quantitative estimate of drug-likeness (QED) is 0.412. The van der Waals surface area contributed by atoms with Crippen LogP contribution in [0, 0.1) is 12.8 Å². The van der Waals surface area contributed by atoms with Crippen molar-refractivity contribution in [1.82, 2.24) is 0 Å². The first-order chi connectivity index (χ1) is 15.5. The van der Waals surface area contributed by atoms with Gasteiger partial charge < -0.3 is 5.11 Å². The molecule has 0 fully saturated rings. The lowest BCUT2D eigenvalue weighted by atomic mass is 9.79. The predicted octanol–water partition coefficient (Wildman–Crippen LogP) is 7.96. The third kappa shape index (κ3) is 6.03. The molecule has 33 heavy (non-hydrogen) atoms. The van der Waals surface area contributed by atoms with Crippen LogP contribution in [0.15, 0.2) is 47.1 Å². The highest BCUT2D eigenvalue weighted by atomic mass is 32.2. The van der Waals surface area contributed by atoms with Crippen molar-refractivity contribution >= 4 is 23.1 Å². The fraction of sp³-hybridized carbons (Fsp3) is 0.444. The first kappa shape index (κ1) is 25.4. The Labute approximate surface area is 198 Å². The highest BCUT2D eigenvalue weighted by Gasteiger charge is 2.32. The van der Waals surface area contributed by atoms with E-state index in [1.54, 1.807) is 0 Å². The minimum Gasteiger partial charge on any atom is -0.512 e. The number of carbonyl (C=O) groups excluding carboxylic acids is 1. The smallest absolute Gasteiger partial charge is 0.416 e.